The highest BCUT2D eigenvalue weighted by atomic mass is 16.6. The molecule has 0 saturated carbocycles. The number of nitrogens with zero attached hydrogens (tertiary/aromatic N) is 3. The number of carbonyl (C=O) groups is 3. The summed E-state index contributed by atoms with van der Waals surface area (Å²) in [5, 5.41) is 0. The maximum atomic E-state index is 12.6. The predicted molar refractivity (Wildman–Crippen MR) is 73.6 cm³/mol. The number of hydrogen-bond donors (Lipinski definition) is 0. The first-order chi connectivity index (χ1) is 9.99. The molecule has 2 atom stereocenters. The number of fused-ring (bicyclic) bond motifs is 1. The summed E-state index contributed by atoms with van der Waals surface area (Å²) >= 11 is 0. The molecule has 0 bridgehead atoms. The van der Waals surface area contributed by atoms with Gasteiger partial charge in [0.2, 0.25) is 0 Å². The first kappa shape index (κ1) is 14.2. The van der Waals surface area contributed by atoms with Crippen LogP contribution >= 0.6 is 0 Å². The highest BCUT2D eigenvalue weighted by molar-refractivity contribution is 6.07. The molecule has 0 N–H and O–H groups in total. The molecule has 0 aromatic carbocycles. The average molecular weight is 295 g/mol. The van der Waals surface area contributed by atoms with Crippen molar-refractivity contribution >= 4 is 18.0 Å². The van der Waals surface area contributed by atoms with Crippen LogP contribution in [0.15, 0.2) is 0 Å². The summed E-state index contributed by atoms with van der Waals surface area (Å²) < 4.78 is 4.97. The zero-order valence-corrected chi connectivity index (χ0v) is 12.5. The number of amides is 4. The van der Waals surface area contributed by atoms with Crippen molar-refractivity contribution in [3.05, 3.63) is 0 Å². The largest absolute Gasteiger partial charge is 0.450 e. The molecule has 3 fully saturated rings. The predicted octanol–water partition coefficient (Wildman–Crippen LogP) is 1.03. The lowest BCUT2D eigenvalue weighted by atomic mass is 9.99. The number of ether oxygens (including phenoxy) is 1. The SMILES string of the molecule is CCOC(=O)N1CCC(N2C(=O)N3CCCC3(C)C2=O)C1. The minimum Gasteiger partial charge on any atom is -0.450 e. The molecule has 116 valence electrons. The van der Waals surface area contributed by atoms with Crippen LogP contribution in [0.3, 0.4) is 0 Å². The van der Waals surface area contributed by atoms with Gasteiger partial charge in [0.25, 0.3) is 5.91 Å². The minimum atomic E-state index is -0.672. The van der Waals surface area contributed by atoms with Crippen molar-refractivity contribution in [2.45, 2.75) is 44.7 Å². The van der Waals surface area contributed by atoms with E-state index in [1.165, 1.54) is 4.90 Å². The van der Waals surface area contributed by atoms with Crippen molar-refractivity contribution in [3.8, 4) is 0 Å². The molecule has 7 nitrogen and oxygen atoms in total. The third-order valence-corrected chi connectivity index (χ3v) is 4.81. The zero-order chi connectivity index (χ0) is 15.2. The molecule has 3 saturated heterocycles. The van der Waals surface area contributed by atoms with Gasteiger partial charge in [-0.2, -0.15) is 0 Å². The molecule has 0 aromatic heterocycles. The molecule has 7 heteroatoms. The quantitative estimate of drug-likeness (QED) is 0.714. The third kappa shape index (κ3) is 1.98. The second kappa shape index (κ2) is 4.89. The number of imide groups is 1. The molecule has 0 radical (unpaired) electrons. The van der Waals surface area contributed by atoms with E-state index in [1.54, 1.807) is 16.7 Å². The van der Waals surface area contributed by atoms with E-state index < -0.39 is 5.54 Å². The van der Waals surface area contributed by atoms with Gasteiger partial charge in [-0.05, 0) is 33.1 Å². The monoisotopic (exact) mass is 295 g/mol. The Balaban J connectivity index is 1.73. The Labute approximate surface area is 123 Å². The summed E-state index contributed by atoms with van der Waals surface area (Å²) in [5.74, 6) is -0.110. The Bertz CT molecular complexity index is 495. The Morgan fingerprint density at radius 1 is 1.38 bits per heavy atom. The molecule has 3 rings (SSSR count). The van der Waals surface area contributed by atoms with Crippen LogP contribution in [0.5, 0.6) is 0 Å². The highest BCUT2D eigenvalue weighted by Gasteiger charge is 2.58. The standard InChI is InChI=1S/C14H21N3O4/c1-3-21-13(20)15-8-5-10(9-15)17-11(18)14(2)6-4-7-16(14)12(17)19/h10H,3-9H2,1-2H3. The molecule has 3 heterocycles. The number of urea groups is 1. The van der Waals surface area contributed by atoms with Gasteiger partial charge in [-0.15, -0.1) is 0 Å². The van der Waals surface area contributed by atoms with Gasteiger partial charge >= 0.3 is 12.1 Å². The van der Waals surface area contributed by atoms with E-state index in [9.17, 15) is 14.4 Å². The second-order valence-electron chi connectivity index (χ2n) is 6.07. The summed E-state index contributed by atoms with van der Waals surface area (Å²) in [6.45, 7) is 5.48. The second-order valence-corrected chi connectivity index (χ2v) is 6.07. The zero-order valence-electron chi connectivity index (χ0n) is 12.5. The first-order valence-electron chi connectivity index (χ1n) is 7.56. The molecular formula is C14H21N3O4. The smallest absolute Gasteiger partial charge is 0.409 e. The van der Waals surface area contributed by atoms with Gasteiger partial charge < -0.3 is 14.5 Å². The minimum absolute atomic E-state index is 0.110. The first-order valence-corrected chi connectivity index (χ1v) is 7.56. The van der Waals surface area contributed by atoms with Gasteiger partial charge in [-0.25, -0.2) is 9.59 Å². The van der Waals surface area contributed by atoms with E-state index in [4.69, 9.17) is 4.74 Å². The van der Waals surface area contributed by atoms with Crippen LogP contribution in [0.25, 0.3) is 0 Å². The van der Waals surface area contributed by atoms with Crippen molar-refractivity contribution in [2.75, 3.05) is 26.2 Å². The lowest BCUT2D eigenvalue weighted by Crippen LogP contribution is -2.45. The number of carbonyl (C=O) groups excluding carboxylic acids is 3. The van der Waals surface area contributed by atoms with Crippen molar-refractivity contribution in [3.63, 3.8) is 0 Å². The van der Waals surface area contributed by atoms with Gasteiger partial charge in [0.1, 0.15) is 5.54 Å². The van der Waals surface area contributed by atoms with Crippen LogP contribution in [0.1, 0.15) is 33.1 Å². The van der Waals surface area contributed by atoms with Gasteiger partial charge in [0.05, 0.1) is 12.6 Å². The Morgan fingerprint density at radius 3 is 2.81 bits per heavy atom. The molecule has 3 aliphatic heterocycles. The van der Waals surface area contributed by atoms with E-state index in [0.717, 1.165) is 12.8 Å². The molecule has 4 amide bonds. The Hall–Kier alpha value is -1.79. The van der Waals surface area contributed by atoms with E-state index in [-0.39, 0.29) is 24.1 Å². The number of hydrogen-bond acceptors (Lipinski definition) is 4. The van der Waals surface area contributed by atoms with Crippen molar-refractivity contribution in [1.82, 2.24) is 14.7 Å². The fraction of sp³-hybridized carbons (Fsp3) is 0.786. The summed E-state index contributed by atoms with van der Waals surface area (Å²) in [4.78, 5) is 41.5. The lowest BCUT2D eigenvalue weighted by molar-refractivity contribution is -0.133. The average Bonchev–Trinajstić information content (AvgIpc) is 3.10. The Kier molecular flexibility index (Phi) is 3.30. The van der Waals surface area contributed by atoms with Crippen LogP contribution < -0.4 is 0 Å². The summed E-state index contributed by atoms with van der Waals surface area (Å²) in [5.41, 5.74) is -0.672. The van der Waals surface area contributed by atoms with Gasteiger partial charge in [-0.3, -0.25) is 9.69 Å². The highest BCUT2D eigenvalue weighted by Crippen LogP contribution is 2.39. The maximum absolute atomic E-state index is 12.6. The van der Waals surface area contributed by atoms with Crippen molar-refractivity contribution in [2.24, 2.45) is 0 Å². The fourth-order valence-corrected chi connectivity index (χ4v) is 3.62. The molecule has 2 unspecified atom stereocenters. The van der Waals surface area contributed by atoms with Crippen molar-refractivity contribution in [1.29, 1.82) is 0 Å². The van der Waals surface area contributed by atoms with E-state index in [0.29, 0.717) is 32.7 Å². The number of likely N-dealkylation sites (tertiary alicyclic amines) is 1. The molecule has 21 heavy (non-hydrogen) atoms. The topological polar surface area (TPSA) is 70.2 Å². The number of rotatable bonds is 2. The summed E-state index contributed by atoms with van der Waals surface area (Å²) in [7, 11) is 0. The summed E-state index contributed by atoms with van der Waals surface area (Å²) in [6.07, 6.45) is 1.86. The molecule has 0 aliphatic carbocycles. The normalized spacial score (nSPS) is 32.1. The maximum Gasteiger partial charge on any atom is 0.409 e. The lowest BCUT2D eigenvalue weighted by Gasteiger charge is -2.23. The molecule has 3 aliphatic rings. The van der Waals surface area contributed by atoms with E-state index >= 15 is 0 Å². The van der Waals surface area contributed by atoms with Crippen LogP contribution in [-0.4, -0.2) is 70.6 Å². The summed E-state index contributed by atoms with van der Waals surface area (Å²) in [6, 6.07) is -0.424. The van der Waals surface area contributed by atoms with E-state index in [1.807, 2.05) is 6.92 Å². The molecule has 0 aromatic rings. The van der Waals surface area contributed by atoms with Crippen LogP contribution in [0.2, 0.25) is 0 Å². The van der Waals surface area contributed by atoms with E-state index in [2.05, 4.69) is 0 Å². The van der Waals surface area contributed by atoms with Crippen LogP contribution in [-0.2, 0) is 9.53 Å². The van der Waals surface area contributed by atoms with Crippen molar-refractivity contribution < 1.29 is 19.1 Å². The molecular weight excluding hydrogens is 274 g/mol. The fourth-order valence-electron chi connectivity index (χ4n) is 3.62. The molecule has 0 spiro atoms. The van der Waals surface area contributed by atoms with Gasteiger partial charge in [0.15, 0.2) is 0 Å². The van der Waals surface area contributed by atoms with Gasteiger partial charge in [0, 0.05) is 19.6 Å². The van der Waals surface area contributed by atoms with Gasteiger partial charge in [-0.1, -0.05) is 0 Å². The Morgan fingerprint density at radius 2 is 2.14 bits per heavy atom. The van der Waals surface area contributed by atoms with Crippen LogP contribution in [0, 0.1) is 0 Å². The third-order valence-electron chi connectivity index (χ3n) is 4.81. The van der Waals surface area contributed by atoms with Crippen LogP contribution in [0.4, 0.5) is 9.59 Å².